The first-order valence-electron chi connectivity index (χ1n) is 9.77. The van der Waals surface area contributed by atoms with Crippen LogP contribution in [0.3, 0.4) is 0 Å². The number of nitrogens with zero attached hydrogens (tertiary/aromatic N) is 2. The zero-order valence-corrected chi connectivity index (χ0v) is 19.9. The normalized spacial score (nSPS) is 21.8. The Morgan fingerprint density at radius 3 is 2.55 bits per heavy atom. The van der Waals surface area contributed by atoms with Gasteiger partial charge in [0.1, 0.15) is 17.8 Å². The number of carbonyl (C=O) groups is 1. The minimum Gasteiger partial charge on any atom is -0.457 e. The molecule has 2 N–H and O–H groups in total. The smallest absolute Gasteiger partial charge is 0.250 e. The van der Waals surface area contributed by atoms with Crippen LogP contribution in [-0.4, -0.2) is 32.6 Å². The third kappa shape index (κ3) is 4.34. The molecule has 1 amide bonds. The fraction of sp³-hybridized carbons (Fsp3) is 0.174. The fourth-order valence-electron chi connectivity index (χ4n) is 3.89. The maximum Gasteiger partial charge on any atom is 0.250 e. The largest absolute Gasteiger partial charge is 0.457 e. The molecular weight excluding hydrogens is 485 g/mol. The molecule has 7 nitrogen and oxygen atoms in total. The molecular formula is C23H19Cl2N3O4S. The molecule has 0 spiro atoms. The number of fused-ring (bicyclic) bond motifs is 1. The highest BCUT2D eigenvalue weighted by Gasteiger charge is 2.42. The van der Waals surface area contributed by atoms with E-state index in [2.05, 4.69) is 9.98 Å². The van der Waals surface area contributed by atoms with Crippen LogP contribution >= 0.6 is 23.2 Å². The molecule has 2 atom stereocenters. The summed E-state index contributed by atoms with van der Waals surface area (Å²) in [5.41, 5.74) is 5.96. The Bertz CT molecular complexity index is 1400. The maximum atomic E-state index is 12.1. The van der Waals surface area contributed by atoms with Crippen molar-refractivity contribution in [3.8, 4) is 11.5 Å². The molecule has 0 radical (unpaired) electrons. The lowest BCUT2D eigenvalue weighted by Gasteiger charge is -2.37. The van der Waals surface area contributed by atoms with Crippen LogP contribution in [0.4, 0.5) is 0 Å². The molecule has 2 aliphatic rings. The van der Waals surface area contributed by atoms with Crippen LogP contribution in [0.1, 0.15) is 28.9 Å². The highest BCUT2D eigenvalue weighted by atomic mass is 35.5. The van der Waals surface area contributed by atoms with Crippen molar-refractivity contribution in [3.05, 3.63) is 75.8 Å². The first kappa shape index (κ1) is 23.2. The molecule has 1 heterocycles. The quantitative estimate of drug-likeness (QED) is 0.627. The third-order valence-electron chi connectivity index (χ3n) is 5.51. The molecule has 4 rings (SSSR count). The summed E-state index contributed by atoms with van der Waals surface area (Å²) in [5, 5.41) is 1.01. The molecule has 2 aromatic rings. The molecule has 1 aliphatic carbocycles. The summed E-state index contributed by atoms with van der Waals surface area (Å²) in [4.78, 5) is 20.3. The van der Waals surface area contributed by atoms with Gasteiger partial charge in [-0.05, 0) is 43.3 Å². The molecule has 0 saturated carbocycles. The molecule has 0 bridgehead atoms. The number of hydrogen-bond acceptors (Lipinski definition) is 6. The van der Waals surface area contributed by atoms with Gasteiger partial charge in [-0.1, -0.05) is 35.4 Å². The van der Waals surface area contributed by atoms with E-state index in [-0.39, 0.29) is 16.2 Å². The predicted octanol–water partition coefficient (Wildman–Crippen LogP) is 4.86. The van der Waals surface area contributed by atoms with Crippen LogP contribution in [0, 0.1) is 5.41 Å². The number of halogens is 2. The molecule has 0 saturated heterocycles. The average Bonchev–Trinajstić information content (AvgIpc) is 2.74. The van der Waals surface area contributed by atoms with Gasteiger partial charge in [0.05, 0.1) is 32.7 Å². The van der Waals surface area contributed by atoms with E-state index in [0.29, 0.717) is 27.1 Å². The van der Waals surface area contributed by atoms with E-state index in [9.17, 15) is 13.2 Å². The van der Waals surface area contributed by atoms with Gasteiger partial charge in [0.2, 0.25) is 5.91 Å². The van der Waals surface area contributed by atoms with Crippen molar-refractivity contribution in [3.63, 3.8) is 0 Å². The van der Waals surface area contributed by atoms with Crippen molar-refractivity contribution in [2.45, 2.75) is 17.9 Å². The lowest BCUT2D eigenvalue weighted by atomic mass is 9.72. The average molecular weight is 504 g/mol. The number of aliphatic imine (C=N–C) groups is 2. The van der Waals surface area contributed by atoms with Gasteiger partial charge in [-0.2, -0.15) is 0 Å². The second kappa shape index (κ2) is 8.44. The summed E-state index contributed by atoms with van der Waals surface area (Å²) in [6.45, 7) is 1.98. The van der Waals surface area contributed by atoms with E-state index in [1.807, 2.05) is 19.1 Å². The number of hydrogen-bond donors (Lipinski definition) is 1. The summed E-state index contributed by atoms with van der Waals surface area (Å²) < 4.78 is 30.2. The Hall–Kier alpha value is -2.94. The second-order valence-electron chi connectivity index (χ2n) is 7.88. The Kier molecular flexibility index (Phi) is 5.94. The van der Waals surface area contributed by atoms with Gasteiger partial charge >= 0.3 is 0 Å². The number of nitrogens with two attached hydrogens (primary N) is 1. The van der Waals surface area contributed by atoms with Crippen LogP contribution in [0.25, 0.3) is 0 Å². The first-order valence-corrected chi connectivity index (χ1v) is 12.4. The van der Waals surface area contributed by atoms with Crippen molar-refractivity contribution < 1.29 is 17.9 Å². The maximum absolute atomic E-state index is 12.1. The predicted molar refractivity (Wildman–Crippen MR) is 129 cm³/mol. The van der Waals surface area contributed by atoms with Crippen LogP contribution < -0.4 is 10.5 Å². The van der Waals surface area contributed by atoms with Gasteiger partial charge in [0, 0.05) is 22.9 Å². The van der Waals surface area contributed by atoms with E-state index in [4.69, 9.17) is 33.7 Å². The molecule has 2 aromatic carbocycles. The summed E-state index contributed by atoms with van der Waals surface area (Å²) in [6.07, 6.45) is 8.06. The van der Waals surface area contributed by atoms with Crippen LogP contribution in [0.15, 0.2) is 74.5 Å². The number of carbonyl (C=O) groups excluding carboxylic acids is 1. The van der Waals surface area contributed by atoms with Crippen molar-refractivity contribution in [2.24, 2.45) is 21.1 Å². The minimum absolute atomic E-state index is 0.105. The molecule has 1 aliphatic heterocycles. The van der Waals surface area contributed by atoms with Crippen molar-refractivity contribution in [1.82, 2.24) is 0 Å². The number of rotatable bonds is 5. The van der Waals surface area contributed by atoms with Gasteiger partial charge in [-0.15, -0.1) is 0 Å². The van der Waals surface area contributed by atoms with Crippen LogP contribution in [0.2, 0.25) is 5.02 Å². The van der Waals surface area contributed by atoms with E-state index < -0.39 is 27.2 Å². The van der Waals surface area contributed by atoms with Crippen LogP contribution in [-0.2, 0) is 9.84 Å². The van der Waals surface area contributed by atoms with E-state index in [0.717, 1.165) is 6.26 Å². The SMILES string of the molecule is CC12C=CC=C(Cl)C1=NC=NC2c1cc(Oc2ccc(C(N)=O)c(S(C)(=O)=O)c2)ccc1Cl. The number of primary amides is 1. The van der Waals surface area contributed by atoms with Crippen molar-refractivity contribution in [1.29, 1.82) is 0 Å². The Balaban J connectivity index is 1.72. The van der Waals surface area contributed by atoms with E-state index in [1.165, 1.54) is 24.5 Å². The van der Waals surface area contributed by atoms with Gasteiger partial charge in [0.25, 0.3) is 0 Å². The molecule has 10 heteroatoms. The molecule has 33 heavy (non-hydrogen) atoms. The number of ether oxygens (including phenoxy) is 1. The number of allylic oxidation sites excluding steroid dienone is 3. The second-order valence-corrected chi connectivity index (χ2v) is 10.7. The highest BCUT2D eigenvalue weighted by molar-refractivity contribution is 7.90. The zero-order valence-electron chi connectivity index (χ0n) is 17.6. The van der Waals surface area contributed by atoms with Crippen molar-refractivity contribution in [2.75, 3.05) is 6.26 Å². The molecule has 0 fully saturated rings. The fourth-order valence-corrected chi connectivity index (χ4v) is 5.34. The lowest BCUT2D eigenvalue weighted by molar-refractivity contribution is 0.0997. The highest BCUT2D eigenvalue weighted by Crippen LogP contribution is 2.48. The van der Waals surface area contributed by atoms with Gasteiger partial charge in [-0.3, -0.25) is 9.79 Å². The minimum atomic E-state index is -3.71. The lowest BCUT2D eigenvalue weighted by Crippen LogP contribution is -2.36. The number of amides is 1. The van der Waals surface area contributed by atoms with Crippen molar-refractivity contribution >= 4 is 51.0 Å². The topological polar surface area (TPSA) is 111 Å². The standard InChI is InChI=1S/C23H19Cl2N3O4S/c1-23-9-3-4-18(25)21(23)28-12-27-20(23)16-10-13(6-8-17(16)24)32-14-5-7-15(22(26)29)19(11-14)33(2,30)31/h3-12,20H,1-2H3,(H2,26,29). The zero-order chi connectivity index (χ0) is 24.0. The monoisotopic (exact) mass is 503 g/mol. The summed E-state index contributed by atoms with van der Waals surface area (Å²) in [6, 6.07) is 8.72. The van der Waals surface area contributed by atoms with Crippen LogP contribution in [0.5, 0.6) is 11.5 Å². The number of sulfone groups is 1. The summed E-state index contributed by atoms with van der Waals surface area (Å²) in [7, 11) is -3.71. The summed E-state index contributed by atoms with van der Waals surface area (Å²) in [5.74, 6) is -0.215. The van der Waals surface area contributed by atoms with E-state index >= 15 is 0 Å². The molecule has 170 valence electrons. The van der Waals surface area contributed by atoms with E-state index in [1.54, 1.807) is 24.3 Å². The van der Waals surface area contributed by atoms with Gasteiger partial charge < -0.3 is 10.5 Å². The summed E-state index contributed by atoms with van der Waals surface area (Å²) >= 11 is 12.9. The molecule has 0 aromatic heterocycles. The Morgan fingerprint density at radius 1 is 1.15 bits per heavy atom. The molecule has 2 unspecified atom stereocenters. The Labute approximate surface area is 201 Å². The third-order valence-corrected chi connectivity index (χ3v) is 7.29. The number of benzene rings is 2. The van der Waals surface area contributed by atoms with Gasteiger partial charge in [-0.25, -0.2) is 13.4 Å². The first-order chi connectivity index (χ1) is 15.5. The Morgan fingerprint density at radius 2 is 1.85 bits per heavy atom. The van der Waals surface area contributed by atoms with Gasteiger partial charge in [0.15, 0.2) is 9.84 Å².